The van der Waals surface area contributed by atoms with Gasteiger partial charge in [-0.15, -0.1) is 0 Å². The summed E-state index contributed by atoms with van der Waals surface area (Å²) in [5.74, 6) is -0.526. The van der Waals surface area contributed by atoms with Gasteiger partial charge >= 0.3 is 0 Å². The van der Waals surface area contributed by atoms with E-state index in [-0.39, 0.29) is 18.9 Å². The lowest BCUT2D eigenvalue weighted by Crippen LogP contribution is -2.48. The van der Waals surface area contributed by atoms with Crippen LogP contribution in [0.25, 0.3) is 0 Å². The fourth-order valence-electron chi connectivity index (χ4n) is 3.60. The molecule has 2 aliphatic heterocycles. The van der Waals surface area contributed by atoms with Gasteiger partial charge in [-0.1, -0.05) is 30.3 Å². The molecule has 3 rings (SSSR count). The Morgan fingerprint density at radius 2 is 1.74 bits per heavy atom. The molecule has 2 heterocycles. The summed E-state index contributed by atoms with van der Waals surface area (Å²) in [5, 5.41) is 0. The molecule has 0 radical (unpaired) electrons. The fourth-order valence-corrected chi connectivity index (χ4v) is 4.45. The topological polar surface area (TPSA) is 76.2 Å². The molecule has 1 aromatic carbocycles. The Labute approximate surface area is 161 Å². The summed E-state index contributed by atoms with van der Waals surface area (Å²) >= 11 is 0. The van der Waals surface area contributed by atoms with Gasteiger partial charge in [-0.25, -0.2) is 12.7 Å². The van der Waals surface area contributed by atoms with Crippen molar-refractivity contribution in [3.63, 3.8) is 0 Å². The first-order valence-corrected chi connectivity index (χ1v) is 11.3. The number of sulfonamides is 1. The molecule has 0 aromatic heterocycles. The van der Waals surface area contributed by atoms with Gasteiger partial charge in [0.25, 0.3) is 0 Å². The molecular formula is C19H28N2O5S. The van der Waals surface area contributed by atoms with Crippen LogP contribution in [-0.2, 0) is 30.7 Å². The molecule has 8 heteroatoms. The number of nitrogens with zero attached hydrogens (tertiary/aromatic N) is 2. The Balaban J connectivity index is 1.48. The van der Waals surface area contributed by atoms with Gasteiger partial charge < -0.3 is 14.4 Å². The molecule has 150 valence electrons. The molecule has 0 saturated carbocycles. The second-order valence-electron chi connectivity index (χ2n) is 7.14. The van der Waals surface area contributed by atoms with Gasteiger partial charge in [-0.2, -0.15) is 0 Å². The maximum absolute atomic E-state index is 12.5. The first kappa shape index (κ1) is 20.3. The minimum Gasteiger partial charge on any atom is -0.347 e. The van der Waals surface area contributed by atoms with Crippen LogP contribution in [0.15, 0.2) is 30.3 Å². The van der Waals surface area contributed by atoms with Crippen molar-refractivity contribution >= 4 is 15.9 Å². The number of amides is 1. The molecule has 2 fully saturated rings. The number of likely N-dealkylation sites (tertiary alicyclic amines) is 1. The van der Waals surface area contributed by atoms with Gasteiger partial charge in [0.05, 0.1) is 19.5 Å². The summed E-state index contributed by atoms with van der Waals surface area (Å²) in [4.78, 5) is 14.3. The van der Waals surface area contributed by atoms with Crippen LogP contribution >= 0.6 is 0 Å². The standard InChI is InChI=1S/C19H28N2O5S/c1-27(23,24)21(11-7-17-5-3-2-4-6-17)12-8-18(22)20-13-9-19(10-14-20)25-15-16-26-19/h2-6H,7-16H2,1H3. The Hall–Kier alpha value is -1.48. The molecule has 27 heavy (non-hydrogen) atoms. The summed E-state index contributed by atoms with van der Waals surface area (Å²) in [5.41, 5.74) is 1.08. The molecule has 0 aliphatic carbocycles. The second-order valence-corrected chi connectivity index (χ2v) is 9.12. The lowest BCUT2D eigenvalue weighted by atomic mass is 10.0. The largest absolute Gasteiger partial charge is 0.347 e. The first-order chi connectivity index (χ1) is 12.9. The van der Waals surface area contributed by atoms with E-state index in [0.29, 0.717) is 52.1 Å². The molecule has 1 spiro atoms. The molecule has 0 bridgehead atoms. The van der Waals surface area contributed by atoms with Crippen LogP contribution in [0.1, 0.15) is 24.8 Å². The molecule has 1 amide bonds. The average Bonchev–Trinajstić information content (AvgIpc) is 3.10. The van der Waals surface area contributed by atoms with Gasteiger partial charge in [0.15, 0.2) is 5.79 Å². The number of benzene rings is 1. The zero-order valence-corrected chi connectivity index (χ0v) is 16.6. The highest BCUT2D eigenvalue weighted by Gasteiger charge is 2.40. The highest BCUT2D eigenvalue weighted by molar-refractivity contribution is 7.88. The Kier molecular flexibility index (Phi) is 6.52. The van der Waals surface area contributed by atoms with Crippen molar-refractivity contribution in [2.75, 3.05) is 45.6 Å². The van der Waals surface area contributed by atoms with E-state index in [4.69, 9.17) is 9.47 Å². The third-order valence-electron chi connectivity index (χ3n) is 5.23. The Bertz CT molecular complexity index is 722. The fraction of sp³-hybridized carbons (Fsp3) is 0.632. The normalized spacial score (nSPS) is 19.7. The van der Waals surface area contributed by atoms with Crippen molar-refractivity contribution in [3.8, 4) is 0 Å². The van der Waals surface area contributed by atoms with E-state index in [1.54, 1.807) is 4.90 Å². The molecule has 2 saturated heterocycles. The number of rotatable bonds is 7. The van der Waals surface area contributed by atoms with Crippen LogP contribution in [0, 0.1) is 0 Å². The number of ether oxygens (including phenoxy) is 2. The van der Waals surface area contributed by atoms with Crippen molar-refractivity contribution < 1.29 is 22.7 Å². The number of piperidine rings is 1. The van der Waals surface area contributed by atoms with Gasteiger partial charge in [-0.3, -0.25) is 4.79 Å². The van der Waals surface area contributed by atoms with Crippen LogP contribution in [-0.4, -0.2) is 75.0 Å². The summed E-state index contributed by atoms with van der Waals surface area (Å²) < 4.78 is 36.9. The Morgan fingerprint density at radius 1 is 1.11 bits per heavy atom. The predicted molar refractivity (Wildman–Crippen MR) is 102 cm³/mol. The maximum atomic E-state index is 12.5. The van der Waals surface area contributed by atoms with Crippen molar-refractivity contribution in [2.45, 2.75) is 31.5 Å². The van der Waals surface area contributed by atoms with Crippen molar-refractivity contribution in [2.24, 2.45) is 0 Å². The van der Waals surface area contributed by atoms with Crippen LogP contribution in [0.2, 0.25) is 0 Å². The molecule has 0 N–H and O–H groups in total. The van der Waals surface area contributed by atoms with Crippen LogP contribution < -0.4 is 0 Å². The van der Waals surface area contributed by atoms with Crippen molar-refractivity contribution in [3.05, 3.63) is 35.9 Å². The quantitative estimate of drug-likeness (QED) is 0.693. The van der Waals surface area contributed by atoms with E-state index < -0.39 is 15.8 Å². The van der Waals surface area contributed by atoms with Gasteiger partial charge in [0, 0.05) is 45.4 Å². The zero-order chi connectivity index (χ0) is 19.3. The van der Waals surface area contributed by atoms with E-state index >= 15 is 0 Å². The Morgan fingerprint density at radius 3 is 2.33 bits per heavy atom. The summed E-state index contributed by atoms with van der Waals surface area (Å²) in [7, 11) is -3.36. The molecule has 7 nitrogen and oxygen atoms in total. The van der Waals surface area contributed by atoms with E-state index in [0.717, 1.165) is 5.56 Å². The third kappa shape index (κ3) is 5.51. The minimum atomic E-state index is -3.36. The van der Waals surface area contributed by atoms with E-state index in [1.165, 1.54) is 10.6 Å². The first-order valence-electron chi connectivity index (χ1n) is 9.43. The van der Waals surface area contributed by atoms with Crippen molar-refractivity contribution in [1.82, 2.24) is 9.21 Å². The minimum absolute atomic E-state index is 0.0174. The van der Waals surface area contributed by atoms with Gasteiger partial charge in [0.1, 0.15) is 0 Å². The molecule has 0 unspecified atom stereocenters. The van der Waals surface area contributed by atoms with Crippen molar-refractivity contribution in [1.29, 1.82) is 0 Å². The number of hydrogen-bond acceptors (Lipinski definition) is 5. The molecule has 0 atom stereocenters. The average molecular weight is 397 g/mol. The number of hydrogen-bond donors (Lipinski definition) is 0. The monoisotopic (exact) mass is 396 g/mol. The smallest absolute Gasteiger partial charge is 0.223 e. The van der Waals surface area contributed by atoms with E-state index in [2.05, 4.69) is 0 Å². The summed E-state index contributed by atoms with van der Waals surface area (Å²) in [6.45, 7) is 2.97. The lowest BCUT2D eigenvalue weighted by Gasteiger charge is -2.37. The predicted octanol–water partition coefficient (Wildman–Crippen LogP) is 1.25. The number of carbonyl (C=O) groups is 1. The van der Waals surface area contributed by atoms with Gasteiger partial charge in [-0.05, 0) is 12.0 Å². The highest BCUT2D eigenvalue weighted by Crippen LogP contribution is 2.31. The molecule has 2 aliphatic rings. The maximum Gasteiger partial charge on any atom is 0.223 e. The van der Waals surface area contributed by atoms with E-state index in [1.807, 2.05) is 30.3 Å². The summed E-state index contributed by atoms with van der Waals surface area (Å²) in [6, 6.07) is 9.75. The third-order valence-corrected chi connectivity index (χ3v) is 6.53. The lowest BCUT2D eigenvalue weighted by molar-refractivity contribution is -0.187. The zero-order valence-electron chi connectivity index (χ0n) is 15.8. The second kappa shape index (κ2) is 8.68. The highest BCUT2D eigenvalue weighted by atomic mass is 32.2. The SMILES string of the molecule is CS(=O)(=O)N(CCC(=O)N1CCC2(CC1)OCCO2)CCc1ccccc1. The van der Waals surface area contributed by atoms with Gasteiger partial charge in [0.2, 0.25) is 15.9 Å². The van der Waals surface area contributed by atoms with E-state index in [9.17, 15) is 13.2 Å². The van der Waals surface area contributed by atoms with Crippen LogP contribution in [0.5, 0.6) is 0 Å². The van der Waals surface area contributed by atoms with Crippen LogP contribution in [0.4, 0.5) is 0 Å². The summed E-state index contributed by atoms with van der Waals surface area (Å²) in [6.07, 6.45) is 3.35. The van der Waals surface area contributed by atoms with Crippen LogP contribution in [0.3, 0.4) is 0 Å². The molecule has 1 aromatic rings. The number of carbonyl (C=O) groups excluding carboxylic acids is 1. The molecular weight excluding hydrogens is 368 g/mol.